The summed E-state index contributed by atoms with van der Waals surface area (Å²) in [5.41, 5.74) is 4.92. The zero-order valence-corrected chi connectivity index (χ0v) is 39.1. The zero-order chi connectivity index (χ0) is 41.6. The number of rotatable bonds is 25. The van der Waals surface area contributed by atoms with Crippen molar-refractivity contribution in [3.8, 4) is 0 Å². The predicted molar refractivity (Wildman–Crippen MR) is 261 cm³/mol. The summed E-state index contributed by atoms with van der Waals surface area (Å²) in [5.74, 6) is 0.107. The minimum Gasteiger partial charge on any atom is -0.289 e. The normalized spacial score (nSPS) is 10.0. The molecule has 58 heavy (non-hydrogen) atoms. The second kappa shape index (κ2) is 40.3. The van der Waals surface area contributed by atoms with Gasteiger partial charge in [-0.3, -0.25) is 9.59 Å². The Hall–Kier alpha value is -2.09. The third-order valence-electron chi connectivity index (χ3n) is 9.73. The van der Waals surface area contributed by atoms with Crippen LogP contribution in [-0.2, 0) is 12.8 Å². The lowest BCUT2D eigenvalue weighted by atomic mass is 9.99. The van der Waals surface area contributed by atoms with Crippen LogP contribution in [-0.4, -0.2) is 22.4 Å². The molecule has 4 rings (SSSR count). The first kappa shape index (κ1) is 55.9. The lowest BCUT2D eigenvalue weighted by molar-refractivity contribution is 0.103. The second-order valence-electron chi connectivity index (χ2n) is 14.6. The van der Waals surface area contributed by atoms with Gasteiger partial charge in [-0.15, -0.1) is 0 Å². The van der Waals surface area contributed by atoms with E-state index in [9.17, 15) is 9.59 Å². The molecule has 0 amide bonds. The molecule has 0 unspecified atom stereocenters. The molecule has 0 saturated carbocycles. The second-order valence-corrected chi connectivity index (χ2v) is 21.4. The molecule has 0 aromatic heterocycles. The summed E-state index contributed by atoms with van der Waals surface area (Å²) in [6.45, 7) is 4.56. The summed E-state index contributed by atoms with van der Waals surface area (Å²) < 4.78 is 0. The molecule has 7 heteroatoms. The Morgan fingerprint density at radius 3 is 1.00 bits per heavy atom. The number of ketones is 1. The van der Waals surface area contributed by atoms with Crippen LogP contribution < -0.4 is 0 Å². The molecule has 0 saturated heterocycles. The highest BCUT2D eigenvalue weighted by molar-refractivity contribution is 7.54. The highest BCUT2D eigenvalue weighted by atomic mass is 35.8. The maximum absolute atomic E-state index is 12.4. The Morgan fingerprint density at radius 2 is 0.672 bits per heavy atom. The Morgan fingerprint density at radius 1 is 0.397 bits per heavy atom. The largest absolute Gasteiger partial charge is 0.643 e. The molecule has 0 aliphatic carbocycles. The van der Waals surface area contributed by atoms with E-state index in [0.717, 1.165) is 17.5 Å². The standard InChI is InChI=1S/C25H34O.C18H30.C7H5ClO.CH4.Al.3ClH/c1-2-3-4-5-6-7-8-9-10-12-15-22-18-20-24(21-19-22)25(26)23-16-13-11-14-17-23;1-2-3-4-5-6-7-8-9-10-12-15-18-16-13-11-14-17-18;8-7(9)6-4-2-1-3-5-6;;;;;/h11,13-14,16-21H,2-10,12,15H2,1H3;11,13-14,16-17H,2-10,12,15H2,1H3;1-5H;1H4;;3*1H/q;;;;+3;;;/p-3. The first-order chi connectivity index (χ1) is 27.8. The average molecular weight is 887 g/mol. The van der Waals surface area contributed by atoms with Gasteiger partial charge in [0.25, 0.3) is 5.24 Å². The molecule has 0 atom stereocenters. The number of aryl methyl sites for hydroxylation is 2. The molecule has 0 radical (unpaired) electrons. The van der Waals surface area contributed by atoms with Gasteiger partial charge >= 0.3 is 11.4 Å². The van der Waals surface area contributed by atoms with Crippen LogP contribution in [0.3, 0.4) is 0 Å². The molecule has 0 spiro atoms. The van der Waals surface area contributed by atoms with Gasteiger partial charge in [-0.05, 0) is 48.4 Å². The molecule has 0 aliphatic rings. The number of unbranched alkanes of at least 4 members (excludes halogenated alkanes) is 18. The third kappa shape index (κ3) is 32.7. The van der Waals surface area contributed by atoms with E-state index in [2.05, 4.69) is 56.3 Å². The van der Waals surface area contributed by atoms with Gasteiger partial charge in [0.05, 0.1) is 0 Å². The zero-order valence-electron chi connectivity index (χ0n) is 34.9. The molecule has 0 fully saturated rings. The van der Waals surface area contributed by atoms with Crippen molar-refractivity contribution in [2.24, 2.45) is 0 Å². The molecular weight excluding hydrogens is 813 g/mol. The fourth-order valence-electron chi connectivity index (χ4n) is 6.43. The molecule has 0 N–H and O–H groups in total. The fourth-order valence-corrected chi connectivity index (χ4v) is 6.55. The smallest absolute Gasteiger partial charge is 0.289 e. The van der Waals surface area contributed by atoms with Gasteiger partial charge in [-0.1, -0.05) is 252 Å². The monoisotopic (exact) mass is 884 g/mol. The van der Waals surface area contributed by atoms with E-state index < -0.39 is 16.6 Å². The summed E-state index contributed by atoms with van der Waals surface area (Å²) in [6, 6.07) is 37.3. The topological polar surface area (TPSA) is 34.1 Å². The predicted octanol–water partition coefficient (Wildman–Crippen LogP) is 17.9. The minimum atomic E-state index is -1.72. The molecule has 0 heterocycles. The quantitative estimate of drug-likeness (QED) is 0.0288. The number of carbonyl (C=O) groups excluding carboxylic acids is 2. The SMILES string of the molecule is C.CCCCCCCCCCCCc1ccc(C(=O)c2ccccc2)cc1.CCCCCCCCCCCCc1ccccc1.O=C(Cl)c1ccccc1.[Cl][Al]([Cl])[Cl]. The van der Waals surface area contributed by atoms with Gasteiger partial charge in [0.2, 0.25) is 0 Å². The molecule has 2 nitrogen and oxygen atoms in total. The molecule has 4 aromatic carbocycles. The van der Waals surface area contributed by atoms with Crippen LogP contribution in [0.1, 0.15) is 187 Å². The van der Waals surface area contributed by atoms with Crippen molar-refractivity contribution in [3.05, 3.63) is 143 Å². The minimum absolute atomic E-state index is 0. The van der Waals surface area contributed by atoms with Gasteiger partial charge in [-0.25, -0.2) is 30.1 Å². The molecule has 4 aromatic rings. The number of benzene rings is 4. The highest BCUT2D eigenvalue weighted by Gasteiger charge is 2.08. The maximum atomic E-state index is 12.4. The van der Waals surface area contributed by atoms with Gasteiger partial charge in [-0.2, -0.15) is 0 Å². The number of halogens is 4. The average Bonchev–Trinajstić information content (AvgIpc) is 3.23. The van der Waals surface area contributed by atoms with Crippen LogP contribution in [0.5, 0.6) is 0 Å². The first-order valence-corrected chi connectivity index (χ1v) is 27.3. The number of hydrogen-bond acceptors (Lipinski definition) is 2. The van der Waals surface area contributed by atoms with Crippen LogP contribution in [0.15, 0.2) is 115 Å². The summed E-state index contributed by atoms with van der Waals surface area (Å²) in [4.78, 5) is 22.8. The van der Waals surface area contributed by atoms with E-state index in [-0.39, 0.29) is 13.2 Å². The lowest BCUT2D eigenvalue weighted by Gasteiger charge is -2.05. The van der Waals surface area contributed by atoms with Gasteiger partial charge in [0.1, 0.15) is 0 Å². The maximum Gasteiger partial charge on any atom is 0.643 e. The van der Waals surface area contributed by atoms with Gasteiger partial charge in [0, 0.05) is 16.7 Å². The van der Waals surface area contributed by atoms with Crippen LogP contribution in [0, 0.1) is 0 Å². The first-order valence-electron chi connectivity index (χ1n) is 21.7. The fraction of sp³-hybridized carbons (Fsp3) is 0.490. The van der Waals surface area contributed by atoms with Crippen molar-refractivity contribution < 1.29 is 9.59 Å². The van der Waals surface area contributed by atoms with Crippen LogP contribution in [0.25, 0.3) is 0 Å². The molecule has 0 aliphatic heterocycles. The van der Waals surface area contributed by atoms with E-state index >= 15 is 0 Å². The Kier molecular flexibility index (Phi) is 38.9. The highest BCUT2D eigenvalue weighted by Crippen LogP contribution is 2.16. The Bertz CT molecular complexity index is 1480. The van der Waals surface area contributed by atoms with E-state index in [4.69, 9.17) is 41.7 Å². The van der Waals surface area contributed by atoms with Crippen molar-refractivity contribution in [1.29, 1.82) is 0 Å². The van der Waals surface area contributed by atoms with E-state index in [1.807, 2.05) is 48.5 Å². The summed E-state index contributed by atoms with van der Waals surface area (Å²) in [6.07, 6.45) is 30.3. The Balaban J connectivity index is 0.000000874. The number of carbonyl (C=O) groups is 2. The van der Waals surface area contributed by atoms with E-state index in [1.165, 1.54) is 146 Å². The van der Waals surface area contributed by atoms with Crippen molar-refractivity contribution in [3.63, 3.8) is 0 Å². The lowest BCUT2D eigenvalue weighted by Crippen LogP contribution is -2.01. The molecular formula is C51H73AlCl4O2. The van der Waals surface area contributed by atoms with Crippen molar-refractivity contribution in [1.82, 2.24) is 0 Å². The van der Waals surface area contributed by atoms with Gasteiger partial charge < -0.3 is 0 Å². The van der Waals surface area contributed by atoms with Crippen molar-refractivity contribution >= 4 is 64.2 Å². The van der Waals surface area contributed by atoms with E-state index in [1.54, 1.807) is 24.3 Å². The van der Waals surface area contributed by atoms with Crippen molar-refractivity contribution in [2.45, 2.75) is 163 Å². The third-order valence-corrected chi connectivity index (χ3v) is 9.95. The molecule has 0 bridgehead atoms. The van der Waals surface area contributed by atoms with Crippen LogP contribution in [0.2, 0.25) is 0 Å². The molecule has 320 valence electrons. The van der Waals surface area contributed by atoms with Crippen LogP contribution >= 0.6 is 41.7 Å². The van der Waals surface area contributed by atoms with Crippen molar-refractivity contribution in [2.75, 3.05) is 0 Å². The Labute approximate surface area is 376 Å². The summed E-state index contributed by atoms with van der Waals surface area (Å²) >= 11 is 3.44. The summed E-state index contributed by atoms with van der Waals surface area (Å²) in [5, 5.41) is -0.407. The van der Waals surface area contributed by atoms with Gasteiger partial charge in [0.15, 0.2) is 5.78 Å². The van der Waals surface area contributed by atoms with E-state index in [0.29, 0.717) is 5.56 Å². The summed E-state index contributed by atoms with van der Waals surface area (Å²) in [7, 11) is 14.8. The number of hydrogen-bond donors (Lipinski definition) is 0. The van der Waals surface area contributed by atoms with Crippen LogP contribution in [0.4, 0.5) is 0 Å².